The average molecular weight is 471 g/mol. The molecule has 1 unspecified atom stereocenters. The van der Waals surface area contributed by atoms with Gasteiger partial charge in [-0.2, -0.15) is 0 Å². The Labute approximate surface area is 200 Å². The number of thiophene rings is 1. The van der Waals surface area contributed by atoms with E-state index >= 15 is 0 Å². The van der Waals surface area contributed by atoms with E-state index in [1.165, 1.54) is 11.3 Å². The normalized spacial score (nSPS) is 18.4. The number of aliphatic hydroxyl groups is 1. The van der Waals surface area contributed by atoms with E-state index in [9.17, 15) is 14.7 Å². The van der Waals surface area contributed by atoms with Crippen LogP contribution >= 0.6 is 11.3 Å². The maximum absolute atomic E-state index is 13.2. The van der Waals surface area contributed by atoms with Gasteiger partial charge in [0.25, 0.3) is 11.7 Å². The third kappa shape index (κ3) is 4.99. The molecule has 1 aliphatic heterocycles. The number of Topliss-reactive ketones (excluding diaryl/α,β-unsaturated/α-hetero) is 1. The minimum absolute atomic E-state index is 0.146. The molecule has 1 amide bonds. The number of aliphatic hydroxyl groups excluding tert-OH is 1. The summed E-state index contributed by atoms with van der Waals surface area (Å²) in [6.45, 7) is 11.7. The number of amides is 1. The molecule has 7 heteroatoms. The van der Waals surface area contributed by atoms with Gasteiger partial charge in [0.2, 0.25) is 0 Å². The number of carbonyl (C=O) groups is 2. The van der Waals surface area contributed by atoms with Crippen LogP contribution in [0.2, 0.25) is 0 Å². The quantitative estimate of drug-likeness (QED) is 0.360. The first-order valence-electron chi connectivity index (χ1n) is 11.2. The van der Waals surface area contributed by atoms with Crippen molar-refractivity contribution in [2.75, 3.05) is 33.8 Å². The van der Waals surface area contributed by atoms with Crippen LogP contribution in [0.3, 0.4) is 0 Å². The second-order valence-electron chi connectivity index (χ2n) is 9.66. The first-order chi connectivity index (χ1) is 15.5. The molecule has 3 rings (SSSR count). The lowest BCUT2D eigenvalue weighted by molar-refractivity contribution is -0.140. The lowest BCUT2D eigenvalue weighted by Gasteiger charge is -2.26. The number of likely N-dealkylation sites (tertiary alicyclic amines) is 1. The number of ether oxygens (including phenoxy) is 1. The Morgan fingerprint density at radius 3 is 2.45 bits per heavy atom. The van der Waals surface area contributed by atoms with Gasteiger partial charge >= 0.3 is 0 Å². The summed E-state index contributed by atoms with van der Waals surface area (Å²) < 4.78 is 5.80. The molecule has 1 saturated heterocycles. The minimum Gasteiger partial charge on any atom is -0.507 e. The highest BCUT2D eigenvalue weighted by Crippen LogP contribution is 2.43. The number of hydrogen-bond acceptors (Lipinski definition) is 6. The van der Waals surface area contributed by atoms with Gasteiger partial charge in [0.05, 0.1) is 18.2 Å². The van der Waals surface area contributed by atoms with E-state index in [1.807, 2.05) is 56.4 Å². The molecule has 0 radical (unpaired) electrons. The van der Waals surface area contributed by atoms with Crippen LogP contribution < -0.4 is 4.74 Å². The highest BCUT2D eigenvalue weighted by atomic mass is 32.1. The fourth-order valence-electron chi connectivity index (χ4n) is 4.06. The molecular weight excluding hydrogens is 436 g/mol. The van der Waals surface area contributed by atoms with Crippen LogP contribution in [0.5, 0.6) is 5.75 Å². The molecule has 1 aromatic heterocycles. The predicted molar refractivity (Wildman–Crippen MR) is 133 cm³/mol. The van der Waals surface area contributed by atoms with Gasteiger partial charge in [-0.15, -0.1) is 11.3 Å². The fraction of sp³-hybridized carbons (Fsp3) is 0.462. The lowest BCUT2D eigenvalue weighted by atomic mass is 9.84. The van der Waals surface area contributed by atoms with Crippen LogP contribution in [0.15, 0.2) is 35.2 Å². The molecule has 33 heavy (non-hydrogen) atoms. The van der Waals surface area contributed by atoms with Crippen LogP contribution in [-0.2, 0) is 15.0 Å². The molecule has 0 bridgehead atoms. The van der Waals surface area contributed by atoms with E-state index in [-0.39, 0.29) is 16.7 Å². The average Bonchev–Trinajstić information content (AvgIpc) is 3.26. The summed E-state index contributed by atoms with van der Waals surface area (Å²) in [5.41, 5.74) is 2.35. The van der Waals surface area contributed by atoms with Gasteiger partial charge in [-0.25, -0.2) is 0 Å². The molecule has 1 N–H and O–H groups in total. The van der Waals surface area contributed by atoms with Gasteiger partial charge in [-0.05, 0) is 68.6 Å². The van der Waals surface area contributed by atoms with Crippen molar-refractivity contribution in [2.45, 2.75) is 46.1 Å². The lowest BCUT2D eigenvalue weighted by Crippen LogP contribution is -2.35. The van der Waals surface area contributed by atoms with Crippen LogP contribution in [0.25, 0.3) is 5.76 Å². The van der Waals surface area contributed by atoms with E-state index in [2.05, 4.69) is 20.8 Å². The highest BCUT2D eigenvalue weighted by Gasteiger charge is 2.47. The third-order valence-corrected chi connectivity index (χ3v) is 6.91. The van der Waals surface area contributed by atoms with Gasteiger partial charge in [0, 0.05) is 29.1 Å². The Morgan fingerprint density at radius 2 is 1.91 bits per heavy atom. The van der Waals surface area contributed by atoms with Crippen molar-refractivity contribution in [2.24, 2.45) is 0 Å². The van der Waals surface area contributed by atoms with Crippen molar-refractivity contribution in [1.82, 2.24) is 9.80 Å². The summed E-state index contributed by atoms with van der Waals surface area (Å²) in [5.74, 6) is -0.612. The van der Waals surface area contributed by atoms with Crippen molar-refractivity contribution >= 4 is 28.8 Å². The molecule has 1 fully saturated rings. The summed E-state index contributed by atoms with van der Waals surface area (Å²) in [6, 6.07) is 6.81. The number of likely N-dealkylation sites (N-methyl/N-ethyl adjacent to an activating group) is 1. The zero-order valence-corrected chi connectivity index (χ0v) is 21.4. The maximum Gasteiger partial charge on any atom is 0.295 e. The van der Waals surface area contributed by atoms with E-state index in [1.54, 1.807) is 11.0 Å². The highest BCUT2D eigenvalue weighted by molar-refractivity contribution is 7.10. The monoisotopic (exact) mass is 470 g/mol. The number of nitrogens with zero attached hydrogens (tertiary/aromatic N) is 2. The van der Waals surface area contributed by atoms with E-state index < -0.39 is 17.7 Å². The third-order valence-electron chi connectivity index (χ3n) is 5.84. The summed E-state index contributed by atoms with van der Waals surface area (Å²) >= 11 is 1.50. The largest absolute Gasteiger partial charge is 0.507 e. The van der Waals surface area contributed by atoms with Crippen LogP contribution in [0.4, 0.5) is 0 Å². The summed E-state index contributed by atoms with van der Waals surface area (Å²) in [4.78, 5) is 30.7. The number of hydrogen-bond donors (Lipinski definition) is 1. The van der Waals surface area contributed by atoms with Crippen molar-refractivity contribution < 1.29 is 19.4 Å². The second-order valence-corrected chi connectivity index (χ2v) is 10.6. The molecule has 0 spiro atoms. The topological polar surface area (TPSA) is 70.1 Å². The Kier molecular flexibility index (Phi) is 7.34. The second kappa shape index (κ2) is 9.69. The molecule has 1 aromatic carbocycles. The van der Waals surface area contributed by atoms with Crippen molar-refractivity contribution in [3.63, 3.8) is 0 Å². The van der Waals surface area contributed by atoms with E-state index in [0.29, 0.717) is 25.3 Å². The Bertz CT molecular complexity index is 1080. The zero-order valence-electron chi connectivity index (χ0n) is 20.6. The van der Waals surface area contributed by atoms with Gasteiger partial charge in [-0.1, -0.05) is 20.8 Å². The molecule has 6 nitrogen and oxygen atoms in total. The van der Waals surface area contributed by atoms with Gasteiger partial charge in [-0.3, -0.25) is 9.59 Å². The SMILES string of the molecule is CCOc1ccc(/C(O)=C2/C(=O)C(=O)N(CCN(C)C)C2c2sccc2C)cc1C(C)(C)C. The molecule has 178 valence electrons. The number of ketones is 1. The Morgan fingerprint density at radius 1 is 1.21 bits per heavy atom. The predicted octanol–water partition coefficient (Wildman–Crippen LogP) is 4.74. The van der Waals surface area contributed by atoms with Gasteiger partial charge in [0.15, 0.2) is 0 Å². The number of aryl methyl sites for hydroxylation is 1. The smallest absolute Gasteiger partial charge is 0.295 e. The molecule has 0 aliphatic carbocycles. The molecule has 0 saturated carbocycles. The minimum atomic E-state index is -0.643. The van der Waals surface area contributed by atoms with Gasteiger partial charge < -0.3 is 19.6 Å². The zero-order chi connectivity index (χ0) is 24.5. The molecule has 2 heterocycles. The van der Waals surface area contributed by atoms with Crippen LogP contribution in [-0.4, -0.2) is 60.4 Å². The van der Waals surface area contributed by atoms with Crippen molar-refractivity contribution in [3.8, 4) is 5.75 Å². The first-order valence-corrected chi connectivity index (χ1v) is 12.1. The van der Waals surface area contributed by atoms with Crippen molar-refractivity contribution in [1.29, 1.82) is 0 Å². The van der Waals surface area contributed by atoms with Crippen LogP contribution in [0.1, 0.15) is 55.3 Å². The van der Waals surface area contributed by atoms with Gasteiger partial charge in [0.1, 0.15) is 11.5 Å². The Balaban J connectivity index is 2.18. The Hall–Kier alpha value is -2.64. The summed E-state index contributed by atoms with van der Waals surface area (Å²) in [5, 5.41) is 13.4. The number of benzene rings is 1. The molecule has 1 atom stereocenters. The summed E-state index contributed by atoms with van der Waals surface area (Å²) in [6.07, 6.45) is 0. The van der Waals surface area contributed by atoms with Crippen molar-refractivity contribution in [3.05, 3.63) is 56.8 Å². The molecule has 2 aromatic rings. The molecular formula is C26H34N2O4S. The van der Waals surface area contributed by atoms with Crippen LogP contribution in [0, 0.1) is 6.92 Å². The standard InChI is InChI=1S/C26H34N2O4S/c1-8-32-19-10-9-17(15-18(19)26(3,4)5)22(29)20-21(24-16(2)11-14-33-24)28(13-12-27(6)7)25(31)23(20)30/h9-11,14-15,21,29H,8,12-13H2,1-7H3/b22-20-. The number of rotatable bonds is 7. The maximum atomic E-state index is 13.2. The summed E-state index contributed by atoms with van der Waals surface area (Å²) in [7, 11) is 3.85. The van der Waals surface area contributed by atoms with E-state index in [4.69, 9.17) is 4.74 Å². The fourth-order valence-corrected chi connectivity index (χ4v) is 5.10. The molecule has 1 aliphatic rings. The first kappa shape index (κ1) is 25.0. The van der Waals surface area contributed by atoms with E-state index in [0.717, 1.165) is 21.8 Å². The number of carbonyl (C=O) groups excluding carboxylic acids is 2.